The van der Waals surface area contributed by atoms with Gasteiger partial charge in [0.05, 0.1) is 64.0 Å². The Labute approximate surface area is 212 Å². The summed E-state index contributed by atoms with van der Waals surface area (Å²) in [6.45, 7) is 0.624. The van der Waals surface area contributed by atoms with E-state index in [4.69, 9.17) is 20.1 Å². The van der Waals surface area contributed by atoms with Gasteiger partial charge in [-0.15, -0.1) is 0 Å². The molecule has 1 aromatic rings. The highest BCUT2D eigenvalue weighted by Gasteiger charge is 2.36. The highest BCUT2D eigenvalue weighted by atomic mass is 16.5. The third-order valence-corrected chi connectivity index (χ3v) is 6.25. The maximum absolute atomic E-state index is 11.1. The van der Waals surface area contributed by atoms with Gasteiger partial charge in [-0.1, -0.05) is 30.3 Å². The van der Waals surface area contributed by atoms with Crippen molar-refractivity contribution in [1.82, 2.24) is 0 Å². The number of hydrogen-bond acceptors (Lipinski definition) is 10. The molecular weight excluding hydrogens is 472 g/mol. The summed E-state index contributed by atoms with van der Waals surface area (Å²) in [4.78, 5) is 32.3. The summed E-state index contributed by atoms with van der Waals surface area (Å²) in [6, 6.07) is 10.1. The van der Waals surface area contributed by atoms with E-state index in [2.05, 4.69) is 14.2 Å². The molecule has 3 aliphatic rings. The Hall–Kier alpha value is -2.53. The molecule has 4 rings (SSSR count). The van der Waals surface area contributed by atoms with Gasteiger partial charge in [-0.2, -0.15) is 0 Å². The van der Waals surface area contributed by atoms with Crippen molar-refractivity contribution in [3.8, 4) is 0 Å². The largest absolute Gasteiger partial charge is 0.469 e. The SMILES string of the molecule is CO.COC(=O)C1CC(O)C1.COC(=O)C1CC(O)C1.COC(=O)C1CC(OCc2ccccc2)C1. The van der Waals surface area contributed by atoms with E-state index in [0.717, 1.165) is 20.0 Å². The fourth-order valence-corrected chi connectivity index (χ4v) is 3.74. The van der Waals surface area contributed by atoms with Crippen LogP contribution in [0.5, 0.6) is 0 Å². The molecule has 204 valence electrons. The van der Waals surface area contributed by atoms with Crippen molar-refractivity contribution in [1.29, 1.82) is 0 Å². The Balaban J connectivity index is 0.000000278. The Morgan fingerprint density at radius 1 is 0.694 bits per heavy atom. The van der Waals surface area contributed by atoms with E-state index in [0.29, 0.717) is 32.3 Å². The first kappa shape index (κ1) is 31.5. The standard InChI is InChI=1S/C13H16O3.2C6H10O3.CH4O/c1-15-13(14)11-7-12(8-11)16-9-10-5-3-2-4-6-10;2*1-9-6(8)4-2-5(7)3-4;1-2/h2-6,11-12H,7-9H2,1H3;2*4-5,7H,2-3H2,1H3;2H,1H3. The lowest BCUT2D eigenvalue weighted by Gasteiger charge is -2.32. The zero-order valence-corrected chi connectivity index (χ0v) is 21.5. The molecule has 0 amide bonds. The smallest absolute Gasteiger partial charge is 0.308 e. The Morgan fingerprint density at radius 2 is 1.06 bits per heavy atom. The minimum absolute atomic E-state index is 0.0370. The fourth-order valence-electron chi connectivity index (χ4n) is 3.74. The first-order valence-corrected chi connectivity index (χ1v) is 12.0. The monoisotopic (exact) mass is 512 g/mol. The molecule has 3 N–H and O–H groups in total. The molecule has 10 nitrogen and oxygen atoms in total. The van der Waals surface area contributed by atoms with Crippen molar-refractivity contribution >= 4 is 17.9 Å². The van der Waals surface area contributed by atoms with Gasteiger partial charge in [0.15, 0.2) is 0 Å². The molecule has 0 spiro atoms. The van der Waals surface area contributed by atoms with E-state index in [9.17, 15) is 14.4 Å². The third-order valence-electron chi connectivity index (χ3n) is 6.25. The summed E-state index contributed by atoms with van der Waals surface area (Å²) < 4.78 is 19.3. The number of esters is 3. The van der Waals surface area contributed by atoms with E-state index in [-0.39, 0.29) is 54.0 Å². The number of hydrogen-bond donors (Lipinski definition) is 3. The molecule has 10 heteroatoms. The van der Waals surface area contributed by atoms with Crippen molar-refractivity contribution in [3.63, 3.8) is 0 Å². The van der Waals surface area contributed by atoms with Crippen LogP contribution < -0.4 is 0 Å². The van der Waals surface area contributed by atoms with E-state index < -0.39 is 0 Å². The highest BCUT2D eigenvalue weighted by Crippen LogP contribution is 2.31. The van der Waals surface area contributed by atoms with E-state index >= 15 is 0 Å². The lowest BCUT2D eigenvalue weighted by Crippen LogP contribution is -2.36. The van der Waals surface area contributed by atoms with Crippen LogP contribution >= 0.6 is 0 Å². The number of benzene rings is 1. The van der Waals surface area contributed by atoms with Crippen LogP contribution in [0.25, 0.3) is 0 Å². The van der Waals surface area contributed by atoms with Gasteiger partial charge in [-0.3, -0.25) is 14.4 Å². The van der Waals surface area contributed by atoms with Crippen LogP contribution in [0.2, 0.25) is 0 Å². The third kappa shape index (κ3) is 10.6. The van der Waals surface area contributed by atoms with Gasteiger partial charge in [0.1, 0.15) is 0 Å². The number of ether oxygens (including phenoxy) is 4. The van der Waals surface area contributed by atoms with Crippen molar-refractivity contribution < 1.29 is 48.7 Å². The van der Waals surface area contributed by atoms with Crippen LogP contribution in [0.1, 0.15) is 44.1 Å². The summed E-state index contributed by atoms with van der Waals surface area (Å²) >= 11 is 0. The predicted molar refractivity (Wildman–Crippen MR) is 129 cm³/mol. The summed E-state index contributed by atoms with van der Waals surface area (Å²) in [5.74, 6) is -0.527. The topological polar surface area (TPSA) is 149 Å². The van der Waals surface area contributed by atoms with Gasteiger partial charge in [-0.25, -0.2) is 0 Å². The lowest BCUT2D eigenvalue weighted by atomic mass is 9.82. The van der Waals surface area contributed by atoms with Crippen molar-refractivity contribution in [3.05, 3.63) is 35.9 Å². The Bertz CT molecular complexity index is 736. The van der Waals surface area contributed by atoms with Gasteiger partial charge in [0.25, 0.3) is 0 Å². The molecule has 0 atom stereocenters. The molecule has 0 aliphatic heterocycles. The van der Waals surface area contributed by atoms with Gasteiger partial charge in [0.2, 0.25) is 0 Å². The molecule has 3 saturated carbocycles. The number of aliphatic hydroxyl groups is 3. The second-order valence-corrected chi connectivity index (χ2v) is 8.80. The first-order valence-electron chi connectivity index (χ1n) is 12.0. The molecule has 0 saturated heterocycles. The van der Waals surface area contributed by atoms with Gasteiger partial charge >= 0.3 is 17.9 Å². The maximum Gasteiger partial charge on any atom is 0.308 e. The Morgan fingerprint density at radius 3 is 1.39 bits per heavy atom. The zero-order valence-electron chi connectivity index (χ0n) is 21.5. The molecule has 0 heterocycles. The van der Waals surface area contributed by atoms with Gasteiger partial charge < -0.3 is 34.3 Å². The molecular formula is C26H40O10. The number of rotatable bonds is 6. The molecule has 0 bridgehead atoms. The maximum atomic E-state index is 11.1. The number of aliphatic hydroxyl groups excluding tert-OH is 3. The average Bonchev–Trinajstić information content (AvgIpc) is 2.85. The highest BCUT2D eigenvalue weighted by molar-refractivity contribution is 5.74. The minimum Gasteiger partial charge on any atom is -0.469 e. The number of carbonyl (C=O) groups is 3. The summed E-state index contributed by atoms with van der Waals surface area (Å²) in [5, 5.41) is 24.5. The minimum atomic E-state index is -0.269. The van der Waals surface area contributed by atoms with Crippen molar-refractivity contribution in [2.75, 3.05) is 28.4 Å². The molecule has 1 aromatic carbocycles. The Kier molecular flexibility index (Phi) is 14.9. The summed E-state index contributed by atoms with van der Waals surface area (Å²) in [5.41, 5.74) is 1.17. The van der Waals surface area contributed by atoms with Crippen LogP contribution in [0.15, 0.2) is 30.3 Å². The molecule has 0 radical (unpaired) electrons. The van der Waals surface area contributed by atoms with Crippen LogP contribution in [-0.2, 0) is 39.9 Å². The summed E-state index contributed by atoms with van der Waals surface area (Å²) in [6.07, 6.45) is 3.56. The normalized spacial score (nSPS) is 27.2. The van der Waals surface area contributed by atoms with E-state index in [1.165, 1.54) is 26.9 Å². The molecule has 3 aliphatic carbocycles. The number of methoxy groups -OCH3 is 3. The van der Waals surface area contributed by atoms with E-state index in [1.54, 1.807) is 0 Å². The number of carbonyl (C=O) groups excluding carboxylic acids is 3. The second kappa shape index (κ2) is 17.0. The van der Waals surface area contributed by atoms with Crippen molar-refractivity contribution in [2.45, 2.75) is 63.4 Å². The molecule has 0 aromatic heterocycles. The fraction of sp³-hybridized carbons (Fsp3) is 0.654. The van der Waals surface area contributed by atoms with E-state index in [1.807, 2.05) is 30.3 Å². The molecule has 36 heavy (non-hydrogen) atoms. The molecule has 3 fully saturated rings. The van der Waals surface area contributed by atoms with Crippen LogP contribution in [0.3, 0.4) is 0 Å². The van der Waals surface area contributed by atoms with Crippen LogP contribution in [0, 0.1) is 17.8 Å². The second-order valence-electron chi connectivity index (χ2n) is 8.80. The van der Waals surface area contributed by atoms with Crippen molar-refractivity contribution in [2.24, 2.45) is 17.8 Å². The first-order chi connectivity index (χ1) is 17.3. The average molecular weight is 513 g/mol. The van der Waals surface area contributed by atoms with Crippen LogP contribution in [0.4, 0.5) is 0 Å². The van der Waals surface area contributed by atoms with Gasteiger partial charge in [0, 0.05) is 7.11 Å². The quantitative estimate of drug-likeness (QED) is 0.379. The molecule has 0 unspecified atom stereocenters. The zero-order chi connectivity index (χ0) is 27.1. The predicted octanol–water partition coefficient (Wildman–Crippen LogP) is 1.62. The van der Waals surface area contributed by atoms with Gasteiger partial charge in [-0.05, 0) is 44.1 Å². The van der Waals surface area contributed by atoms with Crippen LogP contribution in [-0.4, -0.2) is 80.0 Å². The summed E-state index contributed by atoms with van der Waals surface area (Å²) in [7, 11) is 5.17. The lowest BCUT2D eigenvalue weighted by molar-refractivity contribution is -0.155.